The van der Waals surface area contributed by atoms with Gasteiger partial charge < -0.3 is 10.5 Å². The van der Waals surface area contributed by atoms with Gasteiger partial charge in [0.05, 0.1) is 5.02 Å². The molecule has 2 rings (SSSR count). The largest absolute Gasteiger partial charge is 0.482 e. The minimum atomic E-state index is -0.149. The van der Waals surface area contributed by atoms with E-state index in [-0.39, 0.29) is 12.1 Å². The van der Waals surface area contributed by atoms with Crippen molar-refractivity contribution in [2.45, 2.75) is 32.4 Å². The van der Waals surface area contributed by atoms with Gasteiger partial charge in [-0.15, -0.1) is 11.3 Å². The van der Waals surface area contributed by atoms with E-state index >= 15 is 0 Å². The molecular weight excluding hydrogens is 278 g/mol. The molecule has 2 aromatic rings. The van der Waals surface area contributed by atoms with E-state index in [1.165, 1.54) is 0 Å². The molecule has 19 heavy (non-hydrogen) atoms. The van der Waals surface area contributed by atoms with E-state index in [0.29, 0.717) is 10.8 Å². The lowest BCUT2D eigenvalue weighted by atomic mass is 10.1. The minimum absolute atomic E-state index is 0.0461. The molecule has 0 saturated heterocycles. The van der Waals surface area contributed by atoms with Crippen molar-refractivity contribution in [1.29, 1.82) is 0 Å². The summed E-state index contributed by atoms with van der Waals surface area (Å²) in [7, 11) is 0. The topological polar surface area (TPSA) is 35.2 Å². The Balaban J connectivity index is 2.28. The monoisotopic (exact) mass is 295 g/mol. The normalized spacial score (nSPS) is 14.1. The van der Waals surface area contributed by atoms with Crippen LogP contribution in [0.1, 0.15) is 29.9 Å². The highest BCUT2D eigenvalue weighted by Gasteiger charge is 2.22. The van der Waals surface area contributed by atoms with E-state index in [1.807, 2.05) is 36.6 Å². The zero-order chi connectivity index (χ0) is 13.8. The van der Waals surface area contributed by atoms with Gasteiger partial charge in [0.15, 0.2) is 0 Å². The molecule has 0 saturated carbocycles. The Labute approximate surface area is 123 Å². The summed E-state index contributed by atoms with van der Waals surface area (Å²) in [5.41, 5.74) is 7.30. The Bertz CT molecular complexity index is 527. The number of nitrogens with two attached hydrogens (primary N) is 1. The molecule has 0 aliphatic rings. The Kier molecular flexibility index (Phi) is 4.86. The van der Waals surface area contributed by atoms with Crippen LogP contribution in [0.4, 0.5) is 0 Å². The lowest BCUT2D eigenvalue weighted by molar-refractivity contribution is 0.174. The van der Waals surface area contributed by atoms with Crippen molar-refractivity contribution in [1.82, 2.24) is 0 Å². The van der Waals surface area contributed by atoms with Gasteiger partial charge in [-0.3, -0.25) is 0 Å². The summed E-state index contributed by atoms with van der Waals surface area (Å²) in [4.78, 5) is 1.13. The van der Waals surface area contributed by atoms with Crippen LogP contribution in [-0.4, -0.2) is 6.04 Å². The first kappa shape index (κ1) is 14.4. The van der Waals surface area contributed by atoms with Gasteiger partial charge >= 0.3 is 0 Å². The fourth-order valence-corrected chi connectivity index (χ4v) is 2.85. The van der Waals surface area contributed by atoms with Gasteiger partial charge in [-0.1, -0.05) is 30.7 Å². The Morgan fingerprint density at radius 3 is 2.79 bits per heavy atom. The summed E-state index contributed by atoms with van der Waals surface area (Å²) in [5.74, 6) is 0.698. The molecule has 2 atom stereocenters. The third-order valence-electron chi connectivity index (χ3n) is 3.02. The van der Waals surface area contributed by atoms with E-state index in [9.17, 15) is 0 Å². The summed E-state index contributed by atoms with van der Waals surface area (Å²) in [6.45, 7) is 4.08. The predicted octanol–water partition coefficient (Wildman–Crippen LogP) is 4.57. The van der Waals surface area contributed by atoms with E-state index in [2.05, 4.69) is 13.0 Å². The molecule has 0 aliphatic heterocycles. The third-order valence-corrected chi connectivity index (χ3v) is 4.27. The molecule has 1 heterocycles. The number of aryl methyl sites for hydroxylation is 1. The average Bonchev–Trinajstić information content (AvgIpc) is 2.92. The molecule has 2 unspecified atom stereocenters. The van der Waals surface area contributed by atoms with E-state index in [4.69, 9.17) is 22.1 Å². The van der Waals surface area contributed by atoms with Gasteiger partial charge in [0, 0.05) is 10.9 Å². The summed E-state index contributed by atoms with van der Waals surface area (Å²) >= 11 is 7.84. The summed E-state index contributed by atoms with van der Waals surface area (Å²) in [5, 5.41) is 2.65. The minimum Gasteiger partial charge on any atom is -0.482 e. The second-order valence-electron chi connectivity index (χ2n) is 4.56. The van der Waals surface area contributed by atoms with Gasteiger partial charge in [-0.2, -0.15) is 0 Å². The molecule has 0 amide bonds. The van der Waals surface area contributed by atoms with Crippen molar-refractivity contribution in [2.75, 3.05) is 0 Å². The standard InChI is InChI=1S/C15H18ClNOS/c1-3-12(17)15(14-5-4-8-19-14)18-13-9-10(2)6-7-11(13)16/h4-9,12,15H,3,17H2,1-2H3. The first-order valence-electron chi connectivity index (χ1n) is 6.33. The number of halogens is 1. The molecule has 2 N–H and O–H groups in total. The smallest absolute Gasteiger partial charge is 0.148 e. The molecule has 0 fully saturated rings. The van der Waals surface area contributed by atoms with Crippen molar-refractivity contribution in [2.24, 2.45) is 5.73 Å². The Hall–Kier alpha value is -1.03. The van der Waals surface area contributed by atoms with Crippen LogP contribution in [0.5, 0.6) is 5.75 Å². The average molecular weight is 296 g/mol. The van der Waals surface area contributed by atoms with E-state index in [1.54, 1.807) is 11.3 Å². The molecule has 0 spiro atoms. The van der Waals surface area contributed by atoms with Crippen molar-refractivity contribution >= 4 is 22.9 Å². The van der Waals surface area contributed by atoms with Crippen LogP contribution >= 0.6 is 22.9 Å². The molecule has 0 radical (unpaired) electrons. The summed E-state index contributed by atoms with van der Waals surface area (Å²) in [6, 6.07) is 9.79. The van der Waals surface area contributed by atoms with Gasteiger partial charge in [0.1, 0.15) is 11.9 Å². The maximum atomic E-state index is 6.19. The maximum absolute atomic E-state index is 6.19. The van der Waals surface area contributed by atoms with Crippen molar-refractivity contribution in [3.05, 3.63) is 51.2 Å². The lowest BCUT2D eigenvalue weighted by Gasteiger charge is -2.24. The number of hydrogen-bond donors (Lipinski definition) is 1. The van der Waals surface area contributed by atoms with Gasteiger partial charge in [0.25, 0.3) is 0 Å². The maximum Gasteiger partial charge on any atom is 0.148 e. The Morgan fingerprint density at radius 1 is 1.37 bits per heavy atom. The van der Waals surface area contributed by atoms with Crippen LogP contribution in [0.2, 0.25) is 5.02 Å². The van der Waals surface area contributed by atoms with Crippen LogP contribution < -0.4 is 10.5 Å². The molecule has 4 heteroatoms. The van der Waals surface area contributed by atoms with Gasteiger partial charge in [0.2, 0.25) is 0 Å². The molecule has 1 aromatic heterocycles. The number of hydrogen-bond acceptors (Lipinski definition) is 3. The van der Waals surface area contributed by atoms with Crippen molar-refractivity contribution in [3.8, 4) is 5.75 Å². The second kappa shape index (κ2) is 6.42. The highest BCUT2D eigenvalue weighted by molar-refractivity contribution is 7.10. The highest BCUT2D eigenvalue weighted by Crippen LogP contribution is 2.33. The zero-order valence-corrected chi connectivity index (χ0v) is 12.7. The number of rotatable bonds is 5. The van der Waals surface area contributed by atoms with E-state index < -0.39 is 0 Å². The summed E-state index contributed by atoms with van der Waals surface area (Å²) in [6.07, 6.45) is 0.704. The number of thiophene rings is 1. The second-order valence-corrected chi connectivity index (χ2v) is 5.95. The Morgan fingerprint density at radius 2 is 2.16 bits per heavy atom. The van der Waals surface area contributed by atoms with Crippen LogP contribution in [0.3, 0.4) is 0 Å². The highest BCUT2D eigenvalue weighted by atomic mass is 35.5. The molecule has 102 valence electrons. The molecule has 2 nitrogen and oxygen atoms in total. The molecule has 0 aliphatic carbocycles. The van der Waals surface area contributed by atoms with Gasteiger partial charge in [-0.25, -0.2) is 0 Å². The number of ether oxygens (including phenoxy) is 1. The molecule has 0 bridgehead atoms. The zero-order valence-electron chi connectivity index (χ0n) is 11.1. The van der Waals surface area contributed by atoms with Crippen molar-refractivity contribution < 1.29 is 4.74 Å². The van der Waals surface area contributed by atoms with E-state index in [0.717, 1.165) is 16.9 Å². The summed E-state index contributed by atoms with van der Waals surface area (Å²) < 4.78 is 6.08. The fraction of sp³-hybridized carbons (Fsp3) is 0.333. The van der Waals surface area contributed by atoms with Crippen molar-refractivity contribution in [3.63, 3.8) is 0 Å². The SMILES string of the molecule is CCC(N)C(Oc1cc(C)ccc1Cl)c1cccs1. The fourth-order valence-electron chi connectivity index (χ4n) is 1.86. The van der Waals surface area contributed by atoms with Gasteiger partial charge in [-0.05, 0) is 42.5 Å². The first-order chi connectivity index (χ1) is 9.11. The number of benzene rings is 1. The van der Waals surface area contributed by atoms with Crippen LogP contribution in [0.25, 0.3) is 0 Å². The molecule has 1 aromatic carbocycles. The quantitative estimate of drug-likeness (QED) is 0.877. The van der Waals surface area contributed by atoms with Crippen LogP contribution in [-0.2, 0) is 0 Å². The lowest BCUT2D eigenvalue weighted by Crippen LogP contribution is -2.31. The van der Waals surface area contributed by atoms with Crippen LogP contribution in [0.15, 0.2) is 35.7 Å². The third kappa shape index (κ3) is 3.50. The molecular formula is C15H18ClNOS. The van der Waals surface area contributed by atoms with Crippen LogP contribution in [0, 0.1) is 6.92 Å². The predicted molar refractivity (Wildman–Crippen MR) is 82.1 cm³/mol. The first-order valence-corrected chi connectivity index (χ1v) is 7.59.